The summed E-state index contributed by atoms with van der Waals surface area (Å²) in [6, 6.07) is 0. The minimum absolute atomic E-state index is 1.00. The Balaban J connectivity index is 2.19. The first-order chi connectivity index (χ1) is 3.79. The van der Waals surface area contributed by atoms with Crippen LogP contribution < -0.4 is 0 Å². The van der Waals surface area contributed by atoms with E-state index in [9.17, 15) is 0 Å². The third kappa shape index (κ3) is 0.759. The zero-order valence-corrected chi connectivity index (χ0v) is 10.8. The molecule has 2 aliphatic carbocycles. The molecule has 0 aromatic carbocycles. The second-order valence-electron chi connectivity index (χ2n) is 3.65. The zero-order chi connectivity index (χ0) is 5.61. The van der Waals surface area contributed by atoms with Gasteiger partial charge in [-0.1, -0.05) is 0 Å². The molecule has 0 radical (unpaired) electrons. The summed E-state index contributed by atoms with van der Waals surface area (Å²) >= 11 is 1.08. The molecule has 0 unspecified atom stereocenters. The topological polar surface area (TPSA) is 0 Å². The van der Waals surface area contributed by atoms with E-state index in [4.69, 9.17) is 0 Å². The van der Waals surface area contributed by atoms with Crippen molar-refractivity contribution >= 4 is 0 Å². The monoisotopic (exact) mass is 297 g/mol. The maximum atomic E-state index is 1.64. The van der Waals surface area contributed by atoms with Gasteiger partial charge in [-0.2, -0.15) is 0 Å². The molecule has 0 atom stereocenters. The van der Waals surface area contributed by atoms with Gasteiger partial charge in [-0.15, -0.1) is 0 Å². The maximum absolute atomic E-state index is 1.64. The van der Waals surface area contributed by atoms with Crippen molar-refractivity contribution in [3.63, 3.8) is 0 Å². The first-order valence-corrected chi connectivity index (χ1v) is 6.39. The molecule has 0 spiro atoms. The Hall–Kier alpha value is 0.935. The van der Waals surface area contributed by atoms with Crippen molar-refractivity contribution in [2.24, 2.45) is 5.92 Å². The fourth-order valence-electron chi connectivity index (χ4n) is 2.31. The summed E-state index contributed by atoms with van der Waals surface area (Å²) in [6.07, 6.45) is 8.03. The third-order valence-corrected chi connectivity index (χ3v) is 6.76. The minimum atomic E-state index is 1.00. The first kappa shape index (κ1) is 5.70. The molecule has 41 valence electrons. The second kappa shape index (κ2) is 1.71. The van der Waals surface area contributed by atoms with Crippen LogP contribution in [0, 0.1) is 5.92 Å². The predicted octanol–water partition coefficient (Wildman–Crippen LogP) is 2.29. The average molecular weight is 296 g/mol. The average Bonchev–Trinajstić information content (AvgIpc) is 2.21. The van der Waals surface area contributed by atoms with Gasteiger partial charge in [0, 0.05) is 0 Å². The number of hydrogen-bond donors (Lipinski definition) is 0. The van der Waals surface area contributed by atoms with E-state index in [1.807, 2.05) is 0 Å². The van der Waals surface area contributed by atoms with Crippen LogP contribution in [-0.2, 0) is 26.1 Å². The molecular formula is C7H11Hg. The molecule has 2 bridgehead atoms. The predicted molar refractivity (Wildman–Crippen MR) is 29.3 cm³/mol. The summed E-state index contributed by atoms with van der Waals surface area (Å²) in [7, 11) is 0. The Morgan fingerprint density at radius 1 is 1.25 bits per heavy atom. The molecule has 2 fully saturated rings. The Kier molecular flexibility index (Phi) is 1.22. The van der Waals surface area contributed by atoms with E-state index < -0.39 is 0 Å². The molecule has 2 rings (SSSR count). The van der Waals surface area contributed by atoms with Crippen molar-refractivity contribution in [3.05, 3.63) is 0 Å². The first-order valence-electron chi connectivity index (χ1n) is 3.64. The van der Waals surface area contributed by atoms with E-state index in [1.165, 1.54) is 5.92 Å². The van der Waals surface area contributed by atoms with Crippen molar-refractivity contribution < 1.29 is 26.1 Å². The summed E-state index contributed by atoms with van der Waals surface area (Å²) in [5, 5.41) is 0. The Labute approximate surface area is 67.0 Å². The van der Waals surface area contributed by atoms with Crippen LogP contribution in [0.2, 0.25) is 2.92 Å². The molecule has 0 nitrogen and oxygen atoms in total. The van der Waals surface area contributed by atoms with Gasteiger partial charge in [0.05, 0.1) is 0 Å². The van der Waals surface area contributed by atoms with Crippen LogP contribution >= 0.6 is 0 Å². The summed E-state index contributed by atoms with van der Waals surface area (Å²) < 4.78 is 1.00. The van der Waals surface area contributed by atoms with Gasteiger partial charge in [0.2, 0.25) is 0 Å². The van der Waals surface area contributed by atoms with Gasteiger partial charge < -0.3 is 0 Å². The van der Waals surface area contributed by atoms with Crippen LogP contribution in [0.1, 0.15) is 32.1 Å². The van der Waals surface area contributed by atoms with Gasteiger partial charge in [-0.05, 0) is 0 Å². The second-order valence-corrected chi connectivity index (χ2v) is 9.48. The summed E-state index contributed by atoms with van der Waals surface area (Å²) in [5.74, 6) is 1.19. The number of hydrogen-bond acceptors (Lipinski definition) is 0. The van der Waals surface area contributed by atoms with Gasteiger partial charge in [0.25, 0.3) is 0 Å². The molecule has 0 N–H and O–H groups in total. The fraction of sp³-hybridized carbons (Fsp3) is 1.00. The van der Waals surface area contributed by atoms with Crippen LogP contribution in [0.5, 0.6) is 0 Å². The molecular weight excluding hydrogens is 285 g/mol. The van der Waals surface area contributed by atoms with Crippen LogP contribution in [0.3, 0.4) is 0 Å². The molecule has 0 heterocycles. The van der Waals surface area contributed by atoms with E-state index in [0.717, 1.165) is 29.0 Å². The molecule has 2 saturated carbocycles. The molecule has 0 amide bonds. The van der Waals surface area contributed by atoms with E-state index >= 15 is 0 Å². The molecule has 0 aromatic heterocycles. The van der Waals surface area contributed by atoms with Crippen molar-refractivity contribution in [2.75, 3.05) is 0 Å². The summed E-state index contributed by atoms with van der Waals surface area (Å²) in [6.45, 7) is 0. The van der Waals surface area contributed by atoms with E-state index in [2.05, 4.69) is 0 Å². The molecule has 0 aromatic rings. The van der Waals surface area contributed by atoms with Crippen molar-refractivity contribution in [1.29, 1.82) is 0 Å². The Morgan fingerprint density at radius 2 is 1.88 bits per heavy atom. The molecule has 1 heteroatoms. The Morgan fingerprint density at radius 3 is 2.00 bits per heavy atom. The van der Waals surface area contributed by atoms with E-state index in [1.54, 1.807) is 32.1 Å². The quantitative estimate of drug-likeness (QED) is 0.602. The van der Waals surface area contributed by atoms with Gasteiger partial charge in [-0.3, -0.25) is 0 Å². The van der Waals surface area contributed by atoms with Crippen LogP contribution in [0.25, 0.3) is 0 Å². The SMILES string of the molecule is [Hg][C]12CCC(CC1)C2. The number of rotatable bonds is 0. The van der Waals surface area contributed by atoms with Crippen molar-refractivity contribution in [2.45, 2.75) is 35.0 Å². The van der Waals surface area contributed by atoms with Gasteiger partial charge >= 0.3 is 67.1 Å². The summed E-state index contributed by atoms with van der Waals surface area (Å²) in [5.41, 5.74) is 0. The van der Waals surface area contributed by atoms with E-state index in [-0.39, 0.29) is 0 Å². The van der Waals surface area contributed by atoms with Gasteiger partial charge in [-0.25, -0.2) is 0 Å². The van der Waals surface area contributed by atoms with Crippen LogP contribution in [0.15, 0.2) is 0 Å². The van der Waals surface area contributed by atoms with Gasteiger partial charge in [0.15, 0.2) is 0 Å². The molecule has 2 aliphatic rings. The molecule has 0 aliphatic heterocycles. The summed E-state index contributed by atoms with van der Waals surface area (Å²) in [4.78, 5) is 0. The van der Waals surface area contributed by atoms with E-state index in [0.29, 0.717) is 0 Å². The van der Waals surface area contributed by atoms with Gasteiger partial charge in [0.1, 0.15) is 0 Å². The zero-order valence-electron chi connectivity index (χ0n) is 5.32. The van der Waals surface area contributed by atoms with Crippen LogP contribution in [-0.4, -0.2) is 0 Å². The number of fused-ring (bicyclic) bond motifs is 2. The molecule has 0 saturated heterocycles. The molecule has 8 heavy (non-hydrogen) atoms. The Bertz CT molecular complexity index is 101. The normalized spacial score (nSPS) is 53.0. The third-order valence-electron chi connectivity index (χ3n) is 2.89. The van der Waals surface area contributed by atoms with Crippen LogP contribution in [0.4, 0.5) is 0 Å². The standard InChI is InChI=1S/C7H11.Hg/c1-2-7-4-3-6(1)5-7;/h6H,1-5H2;. The van der Waals surface area contributed by atoms with Crippen molar-refractivity contribution in [1.82, 2.24) is 0 Å². The fourth-order valence-corrected chi connectivity index (χ4v) is 5.48. The van der Waals surface area contributed by atoms with Crippen molar-refractivity contribution in [3.8, 4) is 0 Å².